The molecule has 3 heterocycles. The van der Waals surface area contributed by atoms with Gasteiger partial charge >= 0.3 is 12.1 Å². The molecule has 0 spiro atoms. The molecule has 0 aromatic carbocycles. The Bertz CT molecular complexity index is 764. The average molecular weight is 383 g/mol. The molecule has 2 unspecified atom stereocenters. The van der Waals surface area contributed by atoms with Crippen LogP contribution in [0.15, 0.2) is 11.3 Å². The predicted octanol–water partition coefficient (Wildman–Crippen LogP) is -0.886. The van der Waals surface area contributed by atoms with E-state index >= 15 is 0 Å². The number of nitrogens with two attached hydrogens (primary N) is 2. The summed E-state index contributed by atoms with van der Waals surface area (Å²) in [5.74, 6) is -3.05. The van der Waals surface area contributed by atoms with Gasteiger partial charge in [-0.25, -0.2) is 9.59 Å². The van der Waals surface area contributed by atoms with Gasteiger partial charge < -0.3 is 21.3 Å². The van der Waals surface area contributed by atoms with Crippen molar-refractivity contribution in [2.24, 2.45) is 11.5 Å². The zero-order chi connectivity index (χ0) is 19.2. The number of carbonyl (C=O) groups is 5. The Morgan fingerprint density at radius 2 is 1.92 bits per heavy atom. The minimum atomic E-state index is -1.85. The van der Waals surface area contributed by atoms with E-state index in [2.05, 4.69) is 0 Å². The smallest absolute Gasteiger partial charge is 0.404 e. The zero-order valence-electron chi connectivity index (χ0n) is 13.6. The third-order valence-corrected chi connectivity index (χ3v) is 6.39. The summed E-state index contributed by atoms with van der Waals surface area (Å²) in [6.07, 6.45) is -0.138. The molecule has 0 radical (unpaired) electrons. The van der Waals surface area contributed by atoms with E-state index in [-0.39, 0.29) is 24.2 Å². The van der Waals surface area contributed by atoms with Gasteiger partial charge in [0, 0.05) is 18.4 Å². The van der Waals surface area contributed by atoms with Gasteiger partial charge in [0.15, 0.2) is 11.3 Å². The molecular weight excluding hydrogens is 366 g/mol. The first-order valence-electron chi connectivity index (χ1n) is 7.92. The van der Waals surface area contributed by atoms with Crippen LogP contribution in [0.2, 0.25) is 0 Å². The van der Waals surface area contributed by atoms with Gasteiger partial charge in [0.25, 0.3) is 5.91 Å². The number of hydrogen-bond donors (Lipinski definition) is 3. The number of hydrogen-bond acceptors (Lipinski definition) is 8. The van der Waals surface area contributed by atoms with E-state index in [1.807, 2.05) is 0 Å². The van der Waals surface area contributed by atoms with Crippen LogP contribution in [0.5, 0.6) is 0 Å². The first-order chi connectivity index (χ1) is 12.2. The Balaban J connectivity index is 2.12. The molecule has 0 aliphatic carbocycles. The van der Waals surface area contributed by atoms with Crippen LogP contribution < -0.4 is 11.5 Å². The molecule has 2 saturated heterocycles. The monoisotopic (exact) mass is 383 g/mol. The van der Waals surface area contributed by atoms with Crippen LogP contribution >= 0.6 is 11.8 Å². The number of carboxylic acids is 1. The van der Waals surface area contributed by atoms with Crippen molar-refractivity contribution in [3.8, 4) is 0 Å². The maximum atomic E-state index is 12.6. The number of amides is 2. The second kappa shape index (κ2) is 6.40. The summed E-state index contributed by atoms with van der Waals surface area (Å²) < 4.78 is 4.69. The van der Waals surface area contributed by atoms with Crippen LogP contribution in [-0.4, -0.2) is 62.3 Å². The van der Waals surface area contributed by atoms with E-state index in [9.17, 15) is 29.1 Å². The van der Waals surface area contributed by atoms with Gasteiger partial charge in [-0.15, -0.1) is 11.8 Å². The van der Waals surface area contributed by atoms with E-state index in [0.29, 0.717) is 12.8 Å². The lowest BCUT2D eigenvalue weighted by molar-refractivity contribution is -0.160. The van der Waals surface area contributed by atoms with Gasteiger partial charge in [-0.05, 0) is 12.8 Å². The number of Topliss-reactive ketones (excluding diaryl/α,β-unsaturated/α-hetero) is 2. The molecule has 3 atom stereocenters. The second-order valence-electron chi connectivity index (χ2n) is 6.30. The highest BCUT2D eigenvalue weighted by atomic mass is 32.2. The van der Waals surface area contributed by atoms with E-state index in [0.717, 1.165) is 16.7 Å². The van der Waals surface area contributed by atoms with Crippen molar-refractivity contribution in [1.29, 1.82) is 0 Å². The largest absolute Gasteiger partial charge is 0.477 e. The minimum Gasteiger partial charge on any atom is -0.477 e. The van der Waals surface area contributed by atoms with Crippen molar-refractivity contribution in [3.05, 3.63) is 11.3 Å². The topological polar surface area (TPSA) is 170 Å². The molecule has 10 nitrogen and oxygen atoms in total. The Hall–Kier alpha value is -2.40. The highest BCUT2D eigenvalue weighted by molar-refractivity contribution is 8.01. The summed E-state index contributed by atoms with van der Waals surface area (Å²) in [6, 6.07) is 0. The van der Waals surface area contributed by atoms with Crippen molar-refractivity contribution >= 4 is 41.3 Å². The quantitative estimate of drug-likeness (QED) is 0.413. The van der Waals surface area contributed by atoms with Crippen LogP contribution in [0.25, 0.3) is 0 Å². The molecule has 5 N–H and O–H groups in total. The fourth-order valence-electron chi connectivity index (χ4n) is 3.41. The normalized spacial score (nSPS) is 31.4. The molecule has 0 aromatic heterocycles. The van der Waals surface area contributed by atoms with Crippen molar-refractivity contribution < 1.29 is 33.8 Å². The highest BCUT2D eigenvalue weighted by Crippen LogP contribution is 2.49. The Labute approximate surface area is 151 Å². The van der Waals surface area contributed by atoms with Crippen LogP contribution in [0.3, 0.4) is 0 Å². The number of carboxylic acid groups (broad SMARTS) is 1. The number of aliphatic carboxylic acids is 1. The first-order valence-corrected chi connectivity index (χ1v) is 8.86. The fraction of sp³-hybridized carbons (Fsp3) is 0.533. The third-order valence-electron chi connectivity index (χ3n) is 4.73. The standard InChI is InChI=1S/C15H17N3O7S/c16-14(24)25-5-6-9(11(21)22)18-12(23)15(17)8(20)4-2-1-3-7(19)10(6)26-13(15)18/h10,13H,1-5,17H2,(H2,16,24)(H,21,22)/t10?,13-,15?/m0/s1. The summed E-state index contributed by atoms with van der Waals surface area (Å²) in [5.41, 5.74) is 8.63. The van der Waals surface area contributed by atoms with Crippen LogP contribution in [0.4, 0.5) is 4.79 Å². The van der Waals surface area contributed by atoms with E-state index in [4.69, 9.17) is 16.2 Å². The molecule has 3 aliphatic heterocycles. The molecule has 0 saturated carbocycles. The number of rotatable bonds is 3. The fourth-order valence-corrected chi connectivity index (χ4v) is 5.05. The van der Waals surface area contributed by atoms with Crippen molar-refractivity contribution in [2.45, 2.75) is 41.8 Å². The molecular formula is C15H17N3O7S. The van der Waals surface area contributed by atoms with Crippen molar-refractivity contribution in [2.75, 3.05) is 6.61 Å². The van der Waals surface area contributed by atoms with Gasteiger partial charge in [0.1, 0.15) is 23.5 Å². The number of primary amides is 1. The number of thioether (sulfide) groups is 1. The molecule has 3 aliphatic rings. The number of fused-ring (bicyclic) bond motifs is 1. The number of ether oxygens (including phenoxy) is 1. The van der Waals surface area contributed by atoms with Gasteiger partial charge in [-0.2, -0.15) is 0 Å². The third kappa shape index (κ3) is 2.58. The van der Waals surface area contributed by atoms with Crippen molar-refractivity contribution in [1.82, 2.24) is 4.90 Å². The number of carbonyl (C=O) groups excluding carboxylic acids is 4. The first kappa shape index (κ1) is 18.4. The second-order valence-corrected chi connectivity index (χ2v) is 7.49. The molecule has 11 heteroatoms. The summed E-state index contributed by atoms with van der Waals surface area (Å²) >= 11 is 0.940. The minimum absolute atomic E-state index is 0.0361. The van der Waals surface area contributed by atoms with Crippen LogP contribution in [-0.2, 0) is 23.9 Å². The lowest BCUT2D eigenvalue weighted by atomic mass is 9.80. The average Bonchev–Trinajstić information content (AvgIpc) is 2.59. The van der Waals surface area contributed by atoms with Crippen LogP contribution in [0.1, 0.15) is 25.7 Å². The summed E-state index contributed by atoms with van der Waals surface area (Å²) in [6.45, 7) is -0.539. The maximum absolute atomic E-state index is 12.6. The molecule has 3 rings (SSSR count). The molecule has 2 bridgehead atoms. The van der Waals surface area contributed by atoms with E-state index in [1.54, 1.807) is 0 Å². The van der Waals surface area contributed by atoms with Gasteiger partial charge in [-0.3, -0.25) is 19.3 Å². The van der Waals surface area contributed by atoms with Gasteiger partial charge in [0.05, 0.1) is 5.25 Å². The Morgan fingerprint density at radius 1 is 1.27 bits per heavy atom. The summed E-state index contributed by atoms with van der Waals surface area (Å²) in [5, 5.41) is 7.63. The number of ketones is 2. The molecule has 26 heavy (non-hydrogen) atoms. The predicted molar refractivity (Wildman–Crippen MR) is 87.6 cm³/mol. The lowest BCUT2D eigenvalue weighted by Gasteiger charge is -2.55. The molecule has 140 valence electrons. The van der Waals surface area contributed by atoms with E-state index in [1.165, 1.54) is 0 Å². The van der Waals surface area contributed by atoms with E-state index < -0.39 is 52.2 Å². The van der Waals surface area contributed by atoms with Gasteiger partial charge in [-0.1, -0.05) is 0 Å². The van der Waals surface area contributed by atoms with Gasteiger partial charge in [0.2, 0.25) is 0 Å². The number of nitrogens with zero attached hydrogens (tertiary/aromatic N) is 1. The highest BCUT2D eigenvalue weighted by Gasteiger charge is 2.67. The molecule has 2 fully saturated rings. The SMILES string of the molecule is NC(=O)OCC1=C(C(=O)O)N2C(=O)C3(N)C(=O)CCCCC(=O)C1S[C@H]23. The maximum Gasteiger partial charge on any atom is 0.404 e. The Morgan fingerprint density at radius 3 is 2.54 bits per heavy atom. The Kier molecular flexibility index (Phi) is 4.53. The molecule has 2 amide bonds. The lowest BCUT2D eigenvalue weighted by Crippen LogP contribution is -2.81. The van der Waals surface area contributed by atoms with Crippen LogP contribution in [0, 0.1) is 0 Å². The number of β-lactam (4-membered cyclic amide) rings is 1. The molecule has 0 aromatic rings. The summed E-state index contributed by atoms with van der Waals surface area (Å²) in [7, 11) is 0. The van der Waals surface area contributed by atoms with Crippen molar-refractivity contribution in [3.63, 3.8) is 0 Å². The summed E-state index contributed by atoms with van der Waals surface area (Å²) in [4.78, 5) is 61.3. The zero-order valence-corrected chi connectivity index (χ0v) is 14.4.